The summed E-state index contributed by atoms with van der Waals surface area (Å²) in [4.78, 5) is 12.3. The lowest BCUT2D eigenvalue weighted by Gasteiger charge is -2.12. The van der Waals surface area contributed by atoms with Crippen molar-refractivity contribution >= 4 is 17.7 Å². The van der Waals surface area contributed by atoms with Gasteiger partial charge in [-0.15, -0.1) is 10.2 Å². The number of thioether (sulfide) groups is 1. The topological polar surface area (TPSA) is 73.0 Å². The van der Waals surface area contributed by atoms with Crippen molar-refractivity contribution in [1.29, 1.82) is 0 Å². The van der Waals surface area contributed by atoms with Crippen molar-refractivity contribution in [3.63, 3.8) is 0 Å². The predicted molar refractivity (Wildman–Crippen MR) is 107 cm³/mol. The zero-order valence-electron chi connectivity index (χ0n) is 15.8. The summed E-state index contributed by atoms with van der Waals surface area (Å²) >= 11 is 1.40. The number of carbonyl (C=O) groups is 1. The van der Waals surface area contributed by atoms with E-state index in [-0.39, 0.29) is 11.9 Å². The normalized spacial score (nSPS) is 12.1. The van der Waals surface area contributed by atoms with Gasteiger partial charge < -0.3 is 14.3 Å². The molecule has 1 amide bonds. The number of benzene rings is 1. The summed E-state index contributed by atoms with van der Waals surface area (Å²) in [6.45, 7) is 6.83. The van der Waals surface area contributed by atoms with Crippen LogP contribution in [0.1, 0.15) is 25.2 Å². The molecular weight excluding hydrogens is 360 g/mol. The molecule has 3 aromatic rings. The van der Waals surface area contributed by atoms with Crippen LogP contribution in [0.4, 0.5) is 0 Å². The van der Waals surface area contributed by atoms with Gasteiger partial charge in [0.1, 0.15) is 5.76 Å². The van der Waals surface area contributed by atoms with Crippen molar-refractivity contribution < 1.29 is 9.21 Å². The molecule has 0 fully saturated rings. The number of nitrogens with zero attached hydrogens (tertiary/aromatic N) is 3. The van der Waals surface area contributed by atoms with Crippen molar-refractivity contribution in [1.82, 2.24) is 20.1 Å². The maximum atomic E-state index is 12.3. The number of furan rings is 1. The molecule has 0 aliphatic heterocycles. The first kappa shape index (κ1) is 19.2. The summed E-state index contributed by atoms with van der Waals surface area (Å²) in [5.74, 6) is 1.98. The minimum Gasteiger partial charge on any atom is -0.469 e. The quantitative estimate of drug-likeness (QED) is 0.600. The highest BCUT2D eigenvalue weighted by Gasteiger charge is 2.16. The van der Waals surface area contributed by atoms with E-state index in [9.17, 15) is 4.79 Å². The number of aryl methyl sites for hydroxylation is 1. The number of nitrogens with one attached hydrogen (secondary N) is 1. The van der Waals surface area contributed by atoms with E-state index in [4.69, 9.17) is 4.42 Å². The third-order valence-electron chi connectivity index (χ3n) is 4.25. The summed E-state index contributed by atoms with van der Waals surface area (Å²) in [5, 5.41) is 12.4. The van der Waals surface area contributed by atoms with E-state index >= 15 is 0 Å². The van der Waals surface area contributed by atoms with Crippen LogP contribution in [0.25, 0.3) is 11.4 Å². The molecular formula is C20H24N4O2S. The monoisotopic (exact) mass is 384 g/mol. The first-order valence-corrected chi connectivity index (χ1v) is 10.0. The standard InChI is InChI=1S/C20H24N4O2S/c1-4-24-19(17-10-6-5-8-14(17)2)22-23-20(24)27-13-18(25)21-15(3)12-16-9-7-11-26-16/h5-11,15H,4,12-13H2,1-3H3,(H,21,25). The van der Waals surface area contributed by atoms with Gasteiger partial charge in [0.05, 0.1) is 12.0 Å². The van der Waals surface area contributed by atoms with Crippen LogP contribution in [0.5, 0.6) is 0 Å². The van der Waals surface area contributed by atoms with E-state index in [1.165, 1.54) is 11.8 Å². The van der Waals surface area contributed by atoms with Crippen molar-refractivity contribution in [2.75, 3.05) is 5.75 Å². The van der Waals surface area contributed by atoms with Crippen LogP contribution >= 0.6 is 11.8 Å². The average Bonchev–Trinajstić information content (AvgIpc) is 3.29. The molecule has 27 heavy (non-hydrogen) atoms. The highest BCUT2D eigenvalue weighted by molar-refractivity contribution is 7.99. The largest absolute Gasteiger partial charge is 0.469 e. The molecule has 6 nitrogen and oxygen atoms in total. The minimum atomic E-state index is -0.0258. The predicted octanol–water partition coefficient (Wildman–Crippen LogP) is 3.71. The second-order valence-corrected chi connectivity index (χ2v) is 7.35. The van der Waals surface area contributed by atoms with Crippen molar-refractivity contribution in [3.05, 3.63) is 54.0 Å². The SMILES string of the molecule is CCn1c(SCC(=O)NC(C)Cc2ccco2)nnc1-c1ccccc1C. The molecule has 1 N–H and O–H groups in total. The Bertz CT molecular complexity index is 889. The van der Waals surface area contributed by atoms with Gasteiger partial charge in [0, 0.05) is 24.6 Å². The summed E-state index contributed by atoms with van der Waals surface area (Å²) in [6.07, 6.45) is 2.31. The van der Waals surface area contributed by atoms with Crippen LogP contribution in [0.3, 0.4) is 0 Å². The number of amides is 1. The Morgan fingerprint density at radius 3 is 2.78 bits per heavy atom. The molecule has 0 spiro atoms. The molecule has 0 aliphatic rings. The Kier molecular flexibility index (Phi) is 6.34. The molecule has 3 rings (SSSR count). The van der Waals surface area contributed by atoms with Crippen molar-refractivity contribution in [3.8, 4) is 11.4 Å². The van der Waals surface area contributed by atoms with E-state index in [2.05, 4.69) is 35.4 Å². The smallest absolute Gasteiger partial charge is 0.230 e. The lowest BCUT2D eigenvalue weighted by atomic mass is 10.1. The van der Waals surface area contributed by atoms with Crippen LogP contribution in [0.15, 0.2) is 52.2 Å². The van der Waals surface area contributed by atoms with Crippen molar-refractivity contribution in [2.45, 2.75) is 44.9 Å². The Labute approximate surface area is 163 Å². The van der Waals surface area contributed by atoms with Gasteiger partial charge in [0.2, 0.25) is 5.91 Å². The van der Waals surface area contributed by atoms with Gasteiger partial charge in [0.15, 0.2) is 11.0 Å². The number of hydrogen-bond donors (Lipinski definition) is 1. The van der Waals surface area contributed by atoms with E-state index in [0.29, 0.717) is 12.2 Å². The molecule has 0 bridgehead atoms. The minimum absolute atomic E-state index is 0.0100. The lowest BCUT2D eigenvalue weighted by Crippen LogP contribution is -2.35. The molecule has 2 aromatic heterocycles. The number of rotatable bonds is 8. The third kappa shape index (κ3) is 4.80. The Hall–Kier alpha value is -2.54. The molecule has 7 heteroatoms. The third-order valence-corrected chi connectivity index (χ3v) is 5.21. The van der Waals surface area contributed by atoms with Gasteiger partial charge in [-0.25, -0.2) is 0 Å². The van der Waals surface area contributed by atoms with Crippen LogP contribution in [-0.4, -0.2) is 32.5 Å². The molecule has 2 heterocycles. The lowest BCUT2D eigenvalue weighted by molar-refractivity contribution is -0.119. The zero-order chi connectivity index (χ0) is 19.2. The van der Waals surface area contributed by atoms with E-state index in [1.807, 2.05) is 41.8 Å². The van der Waals surface area contributed by atoms with Gasteiger partial charge in [-0.3, -0.25) is 4.79 Å². The molecule has 0 radical (unpaired) electrons. The molecule has 1 unspecified atom stereocenters. The highest BCUT2D eigenvalue weighted by Crippen LogP contribution is 2.26. The van der Waals surface area contributed by atoms with Crippen LogP contribution in [-0.2, 0) is 17.8 Å². The summed E-state index contributed by atoms with van der Waals surface area (Å²) in [7, 11) is 0. The van der Waals surface area contributed by atoms with Crippen LogP contribution in [0, 0.1) is 6.92 Å². The maximum Gasteiger partial charge on any atom is 0.230 e. The molecule has 142 valence electrons. The van der Waals surface area contributed by atoms with Gasteiger partial charge in [-0.2, -0.15) is 0 Å². The molecule has 0 saturated carbocycles. The first-order chi connectivity index (χ1) is 13.1. The molecule has 0 saturated heterocycles. The van der Waals surface area contributed by atoms with E-state index < -0.39 is 0 Å². The van der Waals surface area contributed by atoms with Gasteiger partial charge in [-0.1, -0.05) is 36.0 Å². The van der Waals surface area contributed by atoms with Crippen LogP contribution < -0.4 is 5.32 Å². The maximum absolute atomic E-state index is 12.3. The highest BCUT2D eigenvalue weighted by atomic mass is 32.2. The second-order valence-electron chi connectivity index (χ2n) is 6.41. The number of aromatic nitrogens is 3. The van der Waals surface area contributed by atoms with E-state index in [1.54, 1.807) is 6.26 Å². The van der Waals surface area contributed by atoms with Crippen LogP contribution in [0.2, 0.25) is 0 Å². The van der Waals surface area contributed by atoms with E-state index in [0.717, 1.165) is 34.4 Å². The van der Waals surface area contributed by atoms with Gasteiger partial charge in [0.25, 0.3) is 0 Å². The molecule has 1 aromatic carbocycles. The average molecular weight is 385 g/mol. The van der Waals surface area contributed by atoms with Crippen molar-refractivity contribution in [2.24, 2.45) is 0 Å². The fraction of sp³-hybridized carbons (Fsp3) is 0.350. The fourth-order valence-corrected chi connectivity index (χ4v) is 3.75. The molecule has 1 atom stereocenters. The Morgan fingerprint density at radius 1 is 1.26 bits per heavy atom. The molecule has 0 aliphatic carbocycles. The summed E-state index contributed by atoms with van der Waals surface area (Å²) in [6, 6.07) is 11.9. The van der Waals surface area contributed by atoms with Gasteiger partial charge >= 0.3 is 0 Å². The number of carbonyl (C=O) groups excluding carboxylic acids is 1. The number of hydrogen-bond acceptors (Lipinski definition) is 5. The fourth-order valence-electron chi connectivity index (χ4n) is 2.93. The Balaban J connectivity index is 1.61. The zero-order valence-corrected chi connectivity index (χ0v) is 16.6. The summed E-state index contributed by atoms with van der Waals surface area (Å²) < 4.78 is 7.37. The Morgan fingerprint density at radius 2 is 2.07 bits per heavy atom. The van der Waals surface area contributed by atoms with Gasteiger partial charge in [-0.05, 0) is 38.5 Å². The first-order valence-electron chi connectivity index (χ1n) is 9.02. The second kappa shape index (κ2) is 8.90. The summed E-state index contributed by atoms with van der Waals surface area (Å²) in [5.41, 5.74) is 2.22.